The van der Waals surface area contributed by atoms with E-state index >= 15 is 0 Å². The molecular formula is C22H18Cl2F3N5O. The van der Waals surface area contributed by atoms with Crippen molar-refractivity contribution in [1.82, 2.24) is 10.3 Å². The average molecular weight is 496 g/mol. The molecule has 172 valence electrons. The lowest BCUT2D eigenvalue weighted by Gasteiger charge is -2.24. The Balaban J connectivity index is 1.47. The van der Waals surface area contributed by atoms with Crippen LogP contribution in [0.2, 0.25) is 10.0 Å². The molecule has 0 saturated heterocycles. The molecule has 3 N–H and O–H groups in total. The van der Waals surface area contributed by atoms with E-state index in [1.165, 1.54) is 24.4 Å². The normalized spacial score (nSPS) is 15.1. The lowest BCUT2D eigenvalue weighted by Crippen LogP contribution is -2.39. The third-order valence-corrected chi connectivity index (χ3v) is 5.78. The first kappa shape index (κ1) is 23.0. The Morgan fingerprint density at radius 2 is 1.85 bits per heavy atom. The van der Waals surface area contributed by atoms with Crippen molar-refractivity contribution in [3.05, 3.63) is 81.5 Å². The molecule has 1 atom stereocenters. The summed E-state index contributed by atoms with van der Waals surface area (Å²) in [5.41, 5.74) is 0.510. The minimum Gasteiger partial charge on any atom is -0.348 e. The fraction of sp³-hybridized carbons (Fsp3) is 0.182. The molecular weight excluding hydrogens is 478 g/mol. The second-order valence-corrected chi connectivity index (χ2v) is 8.15. The van der Waals surface area contributed by atoms with E-state index in [2.05, 4.69) is 20.9 Å². The SMILES string of the molecule is CN1c2ncc(C(=O)NCc3ccccc3C(F)(F)F)cc2NC1Nc1c(Cl)cccc1Cl. The number of aromatic nitrogens is 1. The molecule has 0 saturated carbocycles. The van der Waals surface area contributed by atoms with Crippen molar-refractivity contribution in [1.29, 1.82) is 0 Å². The number of hydrogen-bond acceptors (Lipinski definition) is 5. The molecule has 4 rings (SSSR count). The quantitative estimate of drug-likeness (QED) is 0.430. The zero-order valence-corrected chi connectivity index (χ0v) is 18.7. The molecule has 33 heavy (non-hydrogen) atoms. The van der Waals surface area contributed by atoms with Crippen molar-refractivity contribution >= 4 is 46.3 Å². The Hall–Kier alpha value is -3.17. The number of para-hydroxylation sites is 1. The maximum Gasteiger partial charge on any atom is 0.416 e. The minimum atomic E-state index is -4.50. The summed E-state index contributed by atoms with van der Waals surface area (Å²) >= 11 is 12.5. The van der Waals surface area contributed by atoms with Gasteiger partial charge in [0.2, 0.25) is 0 Å². The summed E-state index contributed by atoms with van der Waals surface area (Å²) in [6, 6.07) is 11.8. The molecule has 3 aromatic rings. The number of nitrogens with zero attached hydrogens (tertiary/aromatic N) is 2. The van der Waals surface area contributed by atoms with Gasteiger partial charge in [-0.1, -0.05) is 47.5 Å². The van der Waals surface area contributed by atoms with Crippen LogP contribution >= 0.6 is 23.2 Å². The third kappa shape index (κ3) is 4.79. The van der Waals surface area contributed by atoms with Crippen molar-refractivity contribution in [2.75, 3.05) is 22.6 Å². The number of amides is 1. The smallest absolute Gasteiger partial charge is 0.348 e. The maximum atomic E-state index is 13.2. The maximum absolute atomic E-state index is 13.2. The standard InChI is InChI=1S/C22H18Cl2F3N5O/c1-32-19-17(30-21(32)31-18-15(23)7-4-8-16(18)24)9-13(11-28-19)20(33)29-10-12-5-2-3-6-14(12)22(25,26)27/h2-9,11,21,30-31H,10H2,1H3,(H,29,33). The van der Waals surface area contributed by atoms with Crippen molar-refractivity contribution < 1.29 is 18.0 Å². The van der Waals surface area contributed by atoms with Gasteiger partial charge in [0.1, 0.15) is 0 Å². The molecule has 1 aliphatic heterocycles. The number of halogens is 5. The highest BCUT2D eigenvalue weighted by Gasteiger charge is 2.33. The molecule has 0 radical (unpaired) electrons. The lowest BCUT2D eigenvalue weighted by atomic mass is 10.1. The van der Waals surface area contributed by atoms with E-state index in [9.17, 15) is 18.0 Å². The van der Waals surface area contributed by atoms with Gasteiger partial charge in [-0.25, -0.2) is 4.98 Å². The van der Waals surface area contributed by atoms with E-state index in [1.54, 1.807) is 36.2 Å². The van der Waals surface area contributed by atoms with Crippen molar-refractivity contribution in [2.24, 2.45) is 0 Å². The summed E-state index contributed by atoms with van der Waals surface area (Å²) < 4.78 is 39.5. The number of nitrogens with one attached hydrogen (secondary N) is 3. The first-order chi connectivity index (χ1) is 15.6. The molecule has 1 aliphatic rings. The van der Waals surface area contributed by atoms with Gasteiger partial charge in [-0.2, -0.15) is 13.2 Å². The van der Waals surface area contributed by atoms with Gasteiger partial charge in [0.25, 0.3) is 5.91 Å². The minimum absolute atomic E-state index is 0.0220. The Morgan fingerprint density at radius 1 is 1.15 bits per heavy atom. The van der Waals surface area contributed by atoms with Crippen LogP contribution in [0.1, 0.15) is 21.5 Å². The number of carbonyl (C=O) groups is 1. The van der Waals surface area contributed by atoms with E-state index in [0.29, 0.717) is 27.2 Å². The van der Waals surface area contributed by atoms with E-state index in [4.69, 9.17) is 23.2 Å². The van der Waals surface area contributed by atoms with Crippen LogP contribution in [0.15, 0.2) is 54.7 Å². The van der Waals surface area contributed by atoms with Crippen molar-refractivity contribution in [3.8, 4) is 0 Å². The molecule has 2 heterocycles. The van der Waals surface area contributed by atoms with Gasteiger partial charge in [0.05, 0.1) is 32.5 Å². The Morgan fingerprint density at radius 3 is 2.55 bits per heavy atom. The summed E-state index contributed by atoms with van der Waals surface area (Å²) in [4.78, 5) is 18.7. The largest absolute Gasteiger partial charge is 0.416 e. The fourth-order valence-corrected chi connectivity index (χ4v) is 3.98. The van der Waals surface area contributed by atoms with Gasteiger partial charge in [-0.15, -0.1) is 0 Å². The van der Waals surface area contributed by atoms with Crippen LogP contribution in [0.5, 0.6) is 0 Å². The number of alkyl halides is 3. The molecule has 6 nitrogen and oxygen atoms in total. The average Bonchev–Trinajstić information content (AvgIpc) is 3.09. The molecule has 1 amide bonds. The summed E-state index contributed by atoms with van der Waals surface area (Å²) in [6.07, 6.45) is -3.58. The van der Waals surface area contributed by atoms with Crippen LogP contribution in [0, 0.1) is 0 Å². The van der Waals surface area contributed by atoms with Crippen LogP contribution in [0.4, 0.5) is 30.4 Å². The molecule has 1 unspecified atom stereocenters. The zero-order valence-electron chi connectivity index (χ0n) is 17.2. The summed E-state index contributed by atoms with van der Waals surface area (Å²) in [6.45, 7) is -0.270. The second kappa shape index (κ2) is 8.99. The van der Waals surface area contributed by atoms with Crippen LogP contribution in [0.25, 0.3) is 0 Å². The highest BCUT2D eigenvalue weighted by molar-refractivity contribution is 6.39. The first-order valence-corrected chi connectivity index (χ1v) is 10.5. The molecule has 0 fully saturated rings. The number of pyridine rings is 1. The first-order valence-electron chi connectivity index (χ1n) is 9.78. The van der Waals surface area contributed by atoms with Gasteiger partial charge in [-0.3, -0.25) is 4.79 Å². The van der Waals surface area contributed by atoms with Crippen LogP contribution < -0.4 is 20.9 Å². The zero-order chi connectivity index (χ0) is 23.8. The fourth-order valence-electron chi connectivity index (χ4n) is 3.47. The lowest BCUT2D eigenvalue weighted by molar-refractivity contribution is -0.138. The number of rotatable bonds is 5. The summed E-state index contributed by atoms with van der Waals surface area (Å²) in [5, 5.41) is 9.80. The van der Waals surface area contributed by atoms with E-state index < -0.39 is 23.9 Å². The Labute approximate surface area is 197 Å². The molecule has 11 heteroatoms. The van der Waals surface area contributed by atoms with Crippen LogP contribution in [0.3, 0.4) is 0 Å². The van der Waals surface area contributed by atoms with E-state index in [0.717, 1.165) is 6.07 Å². The Bertz CT molecular complexity index is 1180. The Kier molecular flexibility index (Phi) is 6.27. The van der Waals surface area contributed by atoms with Crippen molar-refractivity contribution in [3.63, 3.8) is 0 Å². The molecule has 2 aromatic carbocycles. The monoisotopic (exact) mass is 495 g/mol. The number of fused-ring (bicyclic) bond motifs is 1. The number of benzene rings is 2. The van der Waals surface area contributed by atoms with Gasteiger partial charge in [0, 0.05) is 19.8 Å². The summed E-state index contributed by atoms with van der Waals surface area (Å²) in [7, 11) is 1.79. The van der Waals surface area contributed by atoms with Crippen LogP contribution in [-0.4, -0.2) is 24.2 Å². The van der Waals surface area contributed by atoms with Crippen molar-refractivity contribution in [2.45, 2.75) is 19.0 Å². The highest BCUT2D eigenvalue weighted by atomic mass is 35.5. The van der Waals surface area contributed by atoms with Gasteiger partial charge < -0.3 is 20.9 Å². The topological polar surface area (TPSA) is 69.3 Å². The van der Waals surface area contributed by atoms with Gasteiger partial charge in [0.15, 0.2) is 12.1 Å². The summed E-state index contributed by atoms with van der Waals surface area (Å²) in [5.74, 6) is 0.0342. The predicted octanol–water partition coefficient (Wildman–Crippen LogP) is 5.59. The van der Waals surface area contributed by atoms with E-state index in [1.807, 2.05) is 0 Å². The van der Waals surface area contributed by atoms with Gasteiger partial charge in [-0.05, 0) is 29.8 Å². The molecule has 0 aliphatic carbocycles. The van der Waals surface area contributed by atoms with Crippen LogP contribution in [-0.2, 0) is 12.7 Å². The predicted molar refractivity (Wildman–Crippen MR) is 123 cm³/mol. The molecule has 0 bridgehead atoms. The van der Waals surface area contributed by atoms with Gasteiger partial charge >= 0.3 is 6.18 Å². The second-order valence-electron chi connectivity index (χ2n) is 7.33. The molecule has 1 aromatic heterocycles. The highest BCUT2D eigenvalue weighted by Crippen LogP contribution is 2.36. The number of hydrogen-bond donors (Lipinski definition) is 3. The third-order valence-electron chi connectivity index (χ3n) is 5.15. The number of anilines is 3. The number of carbonyl (C=O) groups excluding carboxylic acids is 1. The molecule has 0 spiro atoms. The van der Waals surface area contributed by atoms with E-state index in [-0.39, 0.29) is 17.7 Å².